The Morgan fingerprint density at radius 1 is 1.57 bits per heavy atom. The maximum atomic E-state index is 11.6. The van der Waals surface area contributed by atoms with Crippen molar-refractivity contribution in [3.63, 3.8) is 0 Å². The number of fused-ring (bicyclic) bond motifs is 1. The fraction of sp³-hybridized carbons (Fsp3) is 0.364. The molecular weight excluding hydrogens is 180 g/mol. The molecule has 0 aromatic heterocycles. The molecule has 0 bridgehead atoms. The van der Waals surface area contributed by atoms with Crippen molar-refractivity contribution in [2.24, 2.45) is 0 Å². The minimum atomic E-state index is -0.0446. The second-order valence-electron chi connectivity index (χ2n) is 3.46. The van der Waals surface area contributed by atoms with Gasteiger partial charge >= 0.3 is 0 Å². The zero-order chi connectivity index (χ0) is 10.1. The highest BCUT2D eigenvalue weighted by Crippen LogP contribution is 2.31. The monoisotopic (exact) mass is 192 g/mol. The predicted molar refractivity (Wildman–Crippen MR) is 51.8 cm³/mol. The van der Waals surface area contributed by atoms with Crippen LogP contribution in [0.25, 0.3) is 0 Å². The molecule has 3 nitrogen and oxygen atoms in total. The van der Waals surface area contributed by atoms with Gasteiger partial charge < -0.3 is 9.84 Å². The van der Waals surface area contributed by atoms with Gasteiger partial charge in [-0.25, -0.2) is 0 Å². The van der Waals surface area contributed by atoms with E-state index in [1.807, 2.05) is 6.92 Å². The number of ketones is 1. The molecule has 3 heteroatoms. The number of rotatable bonds is 1. The molecule has 1 aromatic carbocycles. The van der Waals surface area contributed by atoms with Crippen molar-refractivity contribution in [3.8, 4) is 11.5 Å². The van der Waals surface area contributed by atoms with Crippen molar-refractivity contribution in [2.45, 2.75) is 25.9 Å². The number of phenols is 1. The van der Waals surface area contributed by atoms with E-state index in [-0.39, 0.29) is 17.6 Å². The number of hydrogen-bond donors (Lipinski definition) is 1. The van der Waals surface area contributed by atoms with E-state index in [1.165, 1.54) is 12.1 Å². The molecule has 1 aliphatic heterocycles. The van der Waals surface area contributed by atoms with Crippen molar-refractivity contribution < 1.29 is 14.6 Å². The van der Waals surface area contributed by atoms with E-state index < -0.39 is 0 Å². The van der Waals surface area contributed by atoms with E-state index in [0.29, 0.717) is 17.7 Å². The first-order valence-corrected chi connectivity index (χ1v) is 4.73. The number of carbonyl (C=O) groups excluding carboxylic acids is 1. The molecule has 1 heterocycles. The lowest BCUT2D eigenvalue weighted by Gasteiger charge is -2.24. The third-order valence-corrected chi connectivity index (χ3v) is 2.43. The van der Waals surface area contributed by atoms with E-state index >= 15 is 0 Å². The molecule has 0 fully saturated rings. The van der Waals surface area contributed by atoms with Crippen LogP contribution in [0, 0.1) is 0 Å². The van der Waals surface area contributed by atoms with Crippen molar-refractivity contribution in [1.82, 2.24) is 0 Å². The van der Waals surface area contributed by atoms with Crippen molar-refractivity contribution in [3.05, 3.63) is 23.8 Å². The zero-order valence-corrected chi connectivity index (χ0v) is 7.99. The third-order valence-electron chi connectivity index (χ3n) is 2.43. The van der Waals surface area contributed by atoms with Crippen LogP contribution in [0.15, 0.2) is 18.2 Å². The quantitative estimate of drug-likeness (QED) is 0.741. The summed E-state index contributed by atoms with van der Waals surface area (Å²) in [5.41, 5.74) is 0.576. The summed E-state index contributed by atoms with van der Waals surface area (Å²) in [5.74, 6) is 0.736. The summed E-state index contributed by atoms with van der Waals surface area (Å²) in [7, 11) is 0. The van der Waals surface area contributed by atoms with Crippen LogP contribution in [0.2, 0.25) is 0 Å². The minimum absolute atomic E-state index is 0.0446. The first kappa shape index (κ1) is 9.06. The third kappa shape index (κ3) is 1.45. The van der Waals surface area contributed by atoms with Crippen LogP contribution in [0.1, 0.15) is 30.1 Å². The molecule has 1 N–H and O–H groups in total. The molecule has 0 amide bonds. The van der Waals surface area contributed by atoms with Crippen LogP contribution in [-0.4, -0.2) is 17.0 Å². The SMILES string of the molecule is CCC1CC(=O)c2ccc(O)cc2O1. The molecule has 1 atom stereocenters. The highest BCUT2D eigenvalue weighted by atomic mass is 16.5. The average Bonchev–Trinajstić information content (AvgIpc) is 2.16. The molecule has 1 aromatic rings. The lowest BCUT2D eigenvalue weighted by atomic mass is 9.99. The molecular formula is C11H12O3. The number of phenolic OH excluding ortho intramolecular Hbond substituents is 1. The number of benzene rings is 1. The first-order valence-electron chi connectivity index (χ1n) is 4.73. The Labute approximate surface area is 82.3 Å². The number of Topliss-reactive ketones (excluding diaryl/α,β-unsaturated/α-hetero) is 1. The van der Waals surface area contributed by atoms with Gasteiger partial charge in [0.25, 0.3) is 0 Å². The van der Waals surface area contributed by atoms with Crippen molar-refractivity contribution >= 4 is 5.78 Å². The molecule has 2 rings (SSSR count). The summed E-state index contributed by atoms with van der Waals surface area (Å²) >= 11 is 0. The summed E-state index contributed by atoms with van der Waals surface area (Å²) in [4.78, 5) is 11.6. The Hall–Kier alpha value is -1.51. The lowest BCUT2D eigenvalue weighted by molar-refractivity contribution is 0.0845. The largest absolute Gasteiger partial charge is 0.508 e. The highest BCUT2D eigenvalue weighted by Gasteiger charge is 2.25. The number of aromatic hydroxyl groups is 1. The first-order chi connectivity index (χ1) is 6.70. The molecule has 0 aliphatic carbocycles. The lowest BCUT2D eigenvalue weighted by Crippen LogP contribution is -2.25. The van der Waals surface area contributed by atoms with E-state index in [2.05, 4.69) is 0 Å². The standard InChI is InChI=1S/C11H12O3/c1-2-8-6-10(13)9-4-3-7(12)5-11(9)14-8/h3-5,8,12H,2,6H2,1H3. The summed E-state index contributed by atoms with van der Waals surface area (Å²) in [6.07, 6.45) is 1.20. The van der Waals surface area contributed by atoms with Crippen LogP contribution in [0.3, 0.4) is 0 Å². The Kier molecular flexibility index (Phi) is 2.15. The maximum Gasteiger partial charge on any atom is 0.170 e. The summed E-state index contributed by atoms with van der Waals surface area (Å²) in [6.45, 7) is 1.98. The topological polar surface area (TPSA) is 46.5 Å². The predicted octanol–water partition coefficient (Wildman–Crippen LogP) is 2.14. The van der Waals surface area contributed by atoms with Gasteiger partial charge in [0, 0.05) is 12.5 Å². The van der Waals surface area contributed by atoms with Gasteiger partial charge in [-0.1, -0.05) is 6.92 Å². The minimum Gasteiger partial charge on any atom is -0.508 e. The Morgan fingerprint density at radius 3 is 3.07 bits per heavy atom. The van der Waals surface area contributed by atoms with Gasteiger partial charge in [-0.2, -0.15) is 0 Å². The van der Waals surface area contributed by atoms with Gasteiger partial charge in [0.15, 0.2) is 5.78 Å². The van der Waals surface area contributed by atoms with E-state index in [0.717, 1.165) is 6.42 Å². The molecule has 0 spiro atoms. The van der Waals surface area contributed by atoms with Gasteiger partial charge in [0.2, 0.25) is 0 Å². The summed E-state index contributed by atoms with van der Waals surface area (Å²) in [6, 6.07) is 4.61. The summed E-state index contributed by atoms with van der Waals surface area (Å²) in [5, 5.41) is 9.24. The molecule has 1 unspecified atom stereocenters. The maximum absolute atomic E-state index is 11.6. The highest BCUT2D eigenvalue weighted by molar-refractivity contribution is 6.00. The van der Waals surface area contributed by atoms with Gasteiger partial charge in [0.1, 0.15) is 17.6 Å². The Balaban J connectivity index is 2.40. The number of carbonyl (C=O) groups is 1. The zero-order valence-electron chi connectivity index (χ0n) is 7.99. The fourth-order valence-corrected chi connectivity index (χ4v) is 1.60. The molecule has 74 valence electrons. The average molecular weight is 192 g/mol. The van der Waals surface area contributed by atoms with Gasteiger partial charge in [0.05, 0.1) is 5.56 Å². The normalized spacial score (nSPS) is 20.1. The fourth-order valence-electron chi connectivity index (χ4n) is 1.60. The van der Waals surface area contributed by atoms with Crippen molar-refractivity contribution in [2.75, 3.05) is 0 Å². The van der Waals surface area contributed by atoms with Crippen LogP contribution < -0.4 is 4.74 Å². The molecule has 0 saturated heterocycles. The number of ether oxygens (including phenoxy) is 1. The van der Waals surface area contributed by atoms with Crippen molar-refractivity contribution in [1.29, 1.82) is 0 Å². The second kappa shape index (κ2) is 3.33. The Bertz CT molecular complexity index is 371. The van der Waals surface area contributed by atoms with Crippen LogP contribution in [0.4, 0.5) is 0 Å². The second-order valence-corrected chi connectivity index (χ2v) is 3.46. The number of hydrogen-bond acceptors (Lipinski definition) is 3. The van der Waals surface area contributed by atoms with E-state index in [9.17, 15) is 9.90 Å². The smallest absolute Gasteiger partial charge is 0.170 e. The summed E-state index contributed by atoms with van der Waals surface area (Å²) < 4.78 is 5.55. The van der Waals surface area contributed by atoms with Crippen LogP contribution in [-0.2, 0) is 0 Å². The van der Waals surface area contributed by atoms with Gasteiger partial charge in [-0.05, 0) is 18.6 Å². The van der Waals surface area contributed by atoms with E-state index in [4.69, 9.17) is 4.74 Å². The van der Waals surface area contributed by atoms with Gasteiger partial charge in [-0.3, -0.25) is 4.79 Å². The van der Waals surface area contributed by atoms with Crippen LogP contribution in [0.5, 0.6) is 11.5 Å². The van der Waals surface area contributed by atoms with Crippen LogP contribution >= 0.6 is 0 Å². The van der Waals surface area contributed by atoms with E-state index in [1.54, 1.807) is 6.07 Å². The molecule has 1 aliphatic rings. The molecule has 0 saturated carbocycles. The molecule has 14 heavy (non-hydrogen) atoms. The Morgan fingerprint density at radius 2 is 2.36 bits per heavy atom. The molecule has 0 radical (unpaired) electrons. The van der Waals surface area contributed by atoms with Gasteiger partial charge in [-0.15, -0.1) is 0 Å².